The summed E-state index contributed by atoms with van der Waals surface area (Å²) in [6.45, 7) is 0. The Kier molecular flexibility index (Phi) is 7.63. The molecule has 2 aliphatic heterocycles. The highest BCUT2D eigenvalue weighted by atomic mass is 32.2. The monoisotopic (exact) mass is 374 g/mol. The topological polar surface area (TPSA) is 46.5 Å². The summed E-state index contributed by atoms with van der Waals surface area (Å²) in [6.07, 6.45) is 11.9. The van der Waals surface area contributed by atoms with E-state index in [1.807, 2.05) is 0 Å². The van der Waals surface area contributed by atoms with E-state index in [9.17, 15) is 4.79 Å². The molecular formula is C22H30O3S. The van der Waals surface area contributed by atoms with Gasteiger partial charge in [0.15, 0.2) is 0 Å². The lowest BCUT2D eigenvalue weighted by molar-refractivity contribution is -0.137. The fraction of sp³-hybridized carbons (Fsp3) is 0.591. The Morgan fingerprint density at radius 2 is 1.92 bits per heavy atom. The predicted octanol–water partition coefficient (Wildman–Crippen LogP) is 4.96. The lowest BCUT2D eigenvalue weighted by Crippen LogP contribution is -2.28. The highest BCUT2D eigenvalue weighted by Crippen LogP contribution is 2.46. The van der Waals surface area contributed by atoms with E-state index in [4.69, 9.17) is 9.84 Å². The van der Waals surface area contributed by atoms with E-state index in [0.29, 0.717) is 24.0 Å². The van der Waals surface area contributed by atoms with Gasteiger partial charge in [0.2, 0.25) is 0 Å². The Labute approximate surface area is 161 Å². The van der Waals surface area contributed by atoms with Crippen molar-refractivity contribution in [2.75, 3.05) is 11.5 Å². The second-order valence-electron chi connectivity index (χ2n) is 7.42. The van der Waals surface area contributed by atoms with E-state index in [1.54, 1.807) is 0 Å². The Bertz CT molecular complexity index is 586. The smallest absolute Gasteiger partial charge is 0.303 e. The molecule has 2 bridgehead atoms. The van der Waals surface area contributed by atoms with Crippen LogP contribution in [0.2, 0.25) is 0 Å². The standard InChI is InChI=1S/C22H30O3S/c23-22(24)11-7-2-1-6-10-18-19(21-13-12-20(18)25-21)16-26-15-14-17-8-4-3-5-9-17/h1,3-6,8-9,18-21H,2,7,10-16H2,(H,23,24)/b6-1-. The van der Waals surface area contributed by atoms with Crippen LogP contribution >= 0.6 is 11.8 Å². The van der Waals surface area contributed by atoms with E-state index in [2.05, 4.69) is 54.2 Å². The van der Waals surface area contributed by atoms with E-state index in [0.717, 1.165) is 25.7 Å². The number of hydrogen-bond donors (Lipinski definition) is 1. The average molecular weight is 375 g/mol. The van der Waals surface area contributed by atoms with Gasteiger partial charge < -0.3 is 9.84 Å². The molecule has 0 radical (unpaired) electrons. The first-order valence-corrected chi connectivity index (χ1v) is 11.0. The van der Waals surface area contributed by atoms with Gasteiger partial charge in [-0.1, -0.05) is 42.5 Å². The highest BCUT2D eigenvalue weighted by molar-refractivity contribution is 7.99. The van der Waals surface area contributed by atoms with Gasteiger partial charge in [-0.05, 0) is 67.4 Å². The van der Waals surface area contributed by atoms with Crippen molar-refractivity contribution in [1.29, 1.82) is 0 Å². The molecule has 0 aromatic heterocycles. The summed E-state index contributed by atoms with van der Waals surface area (Å²) in [7, 11) is 0. The molecule has 1 N–H and O–H groups in total. The van der Waals surface area contributed by atoms with Crippen molar-refractivity contribution in [1.82, 2.24) is 0 Å². The van der Waals surface area contributed by atoms with E-state index in [-0.39, 0.29) is 6.42 Å². The average Bonchev–Trinajstić information content (AvgIpc) is 3.24. The van der Waals surface area contributed by atoms with Crippen molar-refractivity contribution in [2.24, 2.45) is 11.8 Å². The van der Waals surface area contributed by atoms with E-state index < -0.39 is 5.97 Å². The van der Waals surface area contributed by atoms with Gasteiger partial charge in [-0.3, -0.25) is 4.79 Å². The number of ether oxygens (including phenoxy) is 1. The van der Waals surface area contributed by atoms with Crippen LogP contribution in [0.5, 0.6) is 0 Å². The zero-order valence-corrected chi connectivity index (χ0v) is 16.2. The Morgan fingerprint density at radius 1 is 1.15 bits per heavy atom. The molecule has 2 fully saturated rings. The molecule has 0 amide bonds. The highest BCUT2D eigenvalue weighted by Gasteiger charge is 2.47. The lowest BCUT2D eigenvalue weighted by atomic mass is 9.78. The van der Waals surface area contributed by atoms with Crippen LogP contribution in [-0.2, 0) is 16.0 Å². The number of unbranched alkanes of at least 4 members (excludes halogenated alkanes) is 1. The number of carboxylic acid groups (broad SMARTS) is 1. The van der Waals surface area contributed by atoms with Gasteiger partial charge in [0, 0.05) is 6.42 Å². The Morgan fingerprint density at radius 3 is 2.69 bits per heavy atom. The SMILES string of the molecule is O=C(O)CCC/C=C\CC1C2CCC(O2)C1CSCCc1ccccc1. The number of hydrogen-bond acceptors (Lipinski definition) is 3. The minimum atomic E-state index is -0.701. The third-order valence-electron chi connectivity index (χ3n) is 5.61. The van der Waals surface area contributed by atoms with Crippen LogP contribution in [0.15, 0.2) is 42.5 Å². The van der Waals surface area contributed by atoms with E-state index in [1.165, 1.54) is 29.9 Å². The van der Waals surface area contributed by atoms with Crippen molar-refractivity contribution >= 4 is 17.7 Å². The molecule has 26 heavy (non-hydrogen) atoms. The molecule has 2 saturated heterocycles. The maximum Gasteiger partial charge on any atom is 0.303 e. The summed E-state index contributed by atoms with van der Waals surface area (Å²) >= 11 is 2.07. The first kappa shape index (κ1) is 19.5. The normalized spacial score (nSPS) is 27.4. The van der Waals surface area contributed by atoms with Crippen LogP contribution < -0.4 is 0 Å². The molecule has 0 saturated carbocycles. The number of rotatable bonds is 11. The summed E-state index contributed by atoms with van der Waals surface area (Å²) in [6, 6.07) is 10.7. The van der Waals surface area contributed by atoms with Crippen LogP contribution in [0, 0.1) is 11.8 Å². The van der Waals surface area contributed by atoms with Crippen molar-refractivity contribution in [3.63, 3.8) is 0 Å². The summed E-state index contributed by atoms with van der Waals surface area (Å²) in [4.78, 5) is 10.5. The van der Waals surface area contributed by atoms with Crippen molar-refractivity contribution in [3.05, 3.63) is 48.0 Å². The summed E-state index contributed by atoms with van der Waals surface area (Å²) in [5.74, 6) is 3.00. The maximum absolute atomic E-state index is 10.5. The fourth-order valence-corrected chi connectivity index (χ4v) is 5.51. The van der Waals surface area contributed by atoms with E-state index >= 15 is 0 Å². The molecular weight excluding hydrogens is 344 g/mol. The molecule has 2 heterocycles. The van der Waals surface area contributed by atoms with Crippen LogP contribution in [0.3, 0.4) is 0 Å². The number of thioether (sulfide) groups is 1. The first-order chi connectivity index (χ1) is 12.7. The molecule has 1 aromatic rings. The number of fused-ring (bicyclic) bond motifs is 2. The lowest BCUT2D eigenvalue weighted by Gasteiger charge is -2.27. The first-order valence-electron chi connectivity index (χ1n) is 9.88. The summed E-state index contributed by atoms with van der Waals surface area (Å²) < 4.78 is 6.20. The number of aryl methyl sites for hydroxylation is 1. The van der Waals surface area contributed by atoms with Crippen molar-refractivity contribution in [3.8, 4) is 0 Å². The molecule has 3 rings (SSSR count). The van der Waals surface area contributed by atoms with Gasteiger partial charge in [-0.2, -0.15) is 11.8 Å². The fourth-order valence-electron chi connectivity index (χ4n) is 4.22. The predicted molar refractivity (Wildman–Crippen MR) is 108 cm³/mol. The molecule has 0 aliphatic carbocycles. The van der Waals surface area contributed by atoms with Crippen LogP contribution in [0.1, 0.15) is 44.1 Å². The van der Waals surface area contributed by atoms with Gasteiger partial charge >= 0.3 is 5.97 Å². The molecule has 0 spiro atoms. The molecule has 4 unspecified atom stereocenters. The number of carbonyl (C=O) groups is 1. The summed E-state index contributed by atoms with van der Waals surface area (Å²) in [5, 5.41) is 8.68. The second kappa shape index (κ2) is 10.2. The molecule has 142 valence electrons. The number of aliphatic carboxylic acids is 1. The van der Waals surface area contributed by atoms with Crippen molar-refractivity contribution < 1.29 is 14.6 Å². The van der Waals surface area contributed by atoms with Crippen LogP contribution in [-0.4, -0.2) is 34.8 Å². The second-order valence-corrected chi connectivity index (χ2v) is 8.57. The van der Waals surface area contributed by atoms with Gasteiger partial charge in [-0.15, -0.1) is 0 Å². The minimum absolute atomic E-state index is 0.266. The van der Waals surface area contributed by atoms with Gasteiger partial charge in [0.25, 0.3) is 0 Å². The zero-order chi connectivity index (χ0) is 18.2. The van der Waals surface area contributed by atoms with Gasteiger partial charge in [-0.25, -0.2) is 0 Å². The largest absolute Gasteiger partial charge is 0.481 e. The Hall–Kier alpha value is -1.26. The molecule has 3 nitrogen and oxygen atoms in total. The molecule has 1 aromatic carbocycles. The van der Waals surface area contributed by atoms with Gasteiger partial charge in [0.05, 0.1) is 12.2 Å². The number of benzene rings is 1. The summed E-state index contributed by atoms with van der Waals surface area (Å²) in [5.41, 5.74) is 1.42. The number of carboxylic acids is 1. The quantitative estimate of drug-likeness (QED) is 0.439. The molecule has 4 heteroatoms. The number of allylic oxidation sites excluding steroid dienone is 2. The third-order valence-corrected chi connectivity index (χ3v) is 6.73. The zero-order valence-electron chi connectivity index (χ0n) is 15.4. The van der Waals surface area contributed by atoms with Gasteiger partial charge in [0.1, 0.15) is 0 Å². The molecule has 4 atom stereocenters. The maximum atomic E-state index is 10.5. The minimum Gasteiger partial charge on any atom is -0.481 e. The van der Waals surface area contributed by atoms with Crippen molar-refractivity contribution in [2.45, 2.75) is 57.2 Å². The Balaban J connectivity index is 1.39. The van der Waals surface area contributed by atoms with Crippen LogP contribution in [0.4, 0.5) is 0 Å². The molecule has 2 aliphatic rings. The van der Waals surface area contributed by atoms with Crippen LogP contribution in [0.25, 0.3) is 0 Å². The third kappa shape index (κ3) is 5.62.